The molecule has 0 spiro atoms. The van der Waals surface area contributed by atoms with Crippen LogP contribution in [-0.2, 0) is 9.53 Å². The summed E-state index contributed by atoms with van der Waals surface area (Å²) in [6.07, 6.45) is -7.91. The molecule has 2 aromatic rings. The number of aliphatic hydroxyl groups is 4. The second-order valence-electron chi connectivity index (χ2n) is 7.59. The van der Waals surface area contributed by atoms with Gasteiger partial charge in [0.1, 0.15) is 29.8 Å². The lowest BCUT2D eigenvalue weighted by Gasteiger charge is -2.38. The molecule has 0 bridgehead atoms. The summed E-state index contributed by atoms with van der Waals surface area (Å²) in [4.78, 5) is 23.6. The fraction of sp³-hybridized carbons (Fsp3) is 0.250. The molecule has 0 aliphatic carbocycles. The van der Waals surface area contributed by atoms with E-state index in [0.717, 1.165) is 6.08 Å². The molecule has 1 saturated heterocycles. The maximum Gasteiger partial charge on any atom is 0.335 e. The van der Waals surface area contributed by atoms with Gasteiger partial charge < -0.3 is 40.1 Å². The highest BCUT2D eigenvalue weighted by Gasteiger charge is 2.48. The Morgan fingerprint density at radius 1 is 1.00 bits per heavy atom. The molecule has 10 nitrogen and oxygen atoms in total. The third kappa shape index (κ3) is 4.86. The van der Waals surface area contributed by atoms with Crippen molar-refractivity contribution < 1.29 is 49.7 Å². The van der Waals surface area contributed by atoms with Crippen molar-refractivity contribution in [2.24, 2.45) is 0 Å². The van der Waals surface area contributed by atoms with Crippen LogP contribution in [0.1, 0.15) is 22.0 Å². The number of carbonyl (C=O) groups excluding carboxylic acids is 1. The predicted molar refractivity (Wildman–Crippen MR) is 118 cm³/mol. The molecule has 34 heavy (non-hydrogen) atoms. The number of ether oxygens (including phenoxy) is 2. The summed E-state index contributed by atoms with van der Waals surface area (Å²) in [5.41, 5.74) is 0.808. The zero-order chi connectivity index (χ0) is 25.2. The average molecular weight is 472 g/mol. The molecule has 10 heteroatoms. The summed E-state index contributed by atoms with van der Waals surface area (Å²) in [5.74, 6) is -2.31. The number of phenolic OH excluding ortho intramolecular Hbond substituents is 1. The van der Waals surface area contributed by atoms with Gasteiger partial charge in [-0.25, -0.2) is 4.79 Å². The molecule has 2 aromatic carbocycles. The average Bonchev–Trinajstić information content (AvgIpc) is 2.83. The first-order chi connectivity index (χ1) is 16.1. The van der Waals surface area contributed by atoms with Gasteiger partial charge in [-0.15, -0.1) is 6.58 Å². The lowest BCUT2D eigenvalue weighted by molar-refractivity contribution is -0.271. The van der Waals surface area contributed by atoms with E-state index >= 15 is 0 Å². The molecule has 1 aliphatic heterocycles. The van der Waals surface area contributed by atoms with Crippen molar-refractivity contribution in [3.8, 4) is 22.6 Å². The Kier molecular flexibility index (Phi) is 7.50. The molecule has 1 fully saturated rings. The Morgan fingerprint density at radius 3 is 2.32 bits per heavy atom. The molecule has 1 heterocycles. The van der Waals surface area contributed by atoms with E-state index in [-0.39, 0.29) is 28.2 Å². The molecule has 1 unspecified atom stereocenters. The van der Waals surface area contributed by atoms with Crippen molar-refractivity contribution in [3.63, 3.8) is 0 Å². The van der Waals surface area contributed by atoms with Gasteiger partial charge in [0, 0.05) is 16.7 Å². The maximum absolute atomic E-state index is 12.2. The van der Waals surface area contributed by atoms with Crippen LogP contribution in [0.4, 0.5) is 0 Å². The maximum atomic E-state index is 12.2. The number of aliphatic hydroxyl groups excluding tert-OH is 4. The SMILES string of the molecule is C=CC(=O)c1ccc(O[C@@H]2O[C@H](C(=O)O)[C@@H](O)[C@H](O)[C@H]2O)c(-c2cc(C(O)C=C)ccc2O)c1. The highest BCUT2D eigenvalue weighted by molar-refractivity contribution is 6.05. The minimum absolute atomic E-state index is 0.0575. The van der Waals surface area contributed by atoms with Crippen LogP contribution >= 0.6 is 0 Å². The second kappa shape index (κ2) is 10.2. The first-order valence-electron chi connectivity index (χ1n) is 10.1. The Bertz CT molecular complexity index is 1110. The van der Waals surface area contributed by atoms with Crippen molar-refractivity contribution in [2.45, 2.75) is 36.8 Å². The van der Waals surface area contributed by atoms with Crippen molar-refractivity contribution in [1.29, 1.82) is 0 Å². The van der Waals surface area contributed by atoms with Crippen LogP contribution < -0.4 is 4.74 Å². The molecule has 6 N–H and O–H groups in total. The molecule has 0 radical (unpaired) electrons. The van der Waals surface area contributed by atoms with Crippen molar-refractivity contribution in [2.75, 3.05) is 0 Å². The van der Waals surface area contributed by atoms with Gasteiger partial charge in [-0.1, -0.05) is 18.7 Å². The number of allylic oxidation sites excluding steroid dienone is 1. The first kappa shape index (κ1) is 25.1. The van der Waals surface area contributed by atoms with Gasteiger partial charge in [0.15, 0.2) is 11.9 Å². The minimum Gasteiger partial charge on any atom is -0.507 e. The topological polar surface area (TPSA) is 174 Å². The summed E-state index contributed by atoms with van der Waals surface area (Å²) >= 11 is 0. The number of phenols is 1. The van der Waals surface area contributed by atoms with E-state index < -0.39 is 48.6 Å². The van der Waals surface area contributed by atoms with Gasteiger partial charge >= 0.3 is 5.97 Å². The van der Waals surface area contributed by atoms with Crippen LogP contribution in [0.15, 0.2) is 61.7 Å². The highest BCUT2D eigenvalue weighted by atomic mass is 16.7. The van der Waals surface area contributed by atoms with E-state index in [1.165, 1.54) is 42.5 Å². The number of rotatable bonds is 8. The van der Waals surface area contributed by atoms with Crippen molar-refractivity contribution in [1.82, 2.24) is 0 Å². The van der Waals surface area contributed by atoms with Gasteiger partial charge in [-0.2, -0.15) is 0 Å². The number of carboxylic acids is 1. The number of aliphatic carboxylic acids is 1. The number of carboxylic acid groups (broad SMARTS) is 1. The molecule has 6 atom stereocenters. The molecule has 0 amide bonds. The van der Waals surface area contributed by atoms with Crippen LogP contribution in [0.2, 0.25) is 0 Å². The number of benzene rings is 2. The van der Waals surface area contributed by atoms with Crippen LogP contribution in [0.5, 0.6) is 11.5 Å². The molecule has 0 aromatic heterocycles. The standard InChI is InChI=1S/C24H24O10/c1-3-15(25)11-5-7-17(27)13(9-11)14-10-12(16(26)4-2)6-8-18(14)33-24-21(30)19(28)20(29)22(34-24)23(31)32/h3-10,15,19-22,24-25,27-30H,1-2H2,(H,31,32)/t15?,19-,20-,21+,22-,24+/m0/s1. The van der Waals surface area contributed by atoms with Crippen LogP contribution in [0.3, 0.4) is 0 Å². The van der Waals surface area contributed by atoms with Gasteiger partial charge in [0.2, 0.25) is 6.29 Å². The van der Waals surface area contributed by atoms with E-state index in [4.69, 9.17) is 9.47 Å². The quantitative estimate of drug-likeness (QED) is 0.184. The number of aromatic hydroxyl groups is 1. The Balaban J connectivity index is 2.10. The van der Waals surface area contributed by atoms with Crippen LogP contribution in [0.25, 0.3) is 11.1 Å². The third-order valence-corrected chi connectivity index (χ3v) is 5.38. The smallest absolute Gasteiger partial charge is 0.335 e. The number of hydrogen-bond donors (Lipinski definition) is 6. The van der Waals surface area contributed by atoms with Crippen molar-refractivity contribution in [3.05, 3.63) is 72.8 Å². The number of hydrogen-bond acceptors (Lipinski definition) is 9. The summed E-state index contributed by atoms with van der Waals surface area (Å²) in [5, 5.41) is 60.1. The summed E-state index contributed by atoms with van der Waals surface area (Å²) in [6, 6.07) is 8.28. The third-order valence-electron chi connectivity index (χ3n) is 5.38. The first-order valence-corrected chi connectivity index (χ1v) is 10.1. The van der Waals surface area contributed by atoms with Crippen molar-refractivity contribution >= 4 is 11.8 Å². The molecule has 3 rings (SSSR count). The molecular formula is C24H24O10. The van der Waals surface area contributed by atoms with Gasteiger partial charge in [0.05, 0.1) is 6.10 Å². The molecular weight excluding hydrogens is 448 g/mol. The second-order valence-corrected chi connectivity index (χ2v) is 7.59. The lowest BCUT2D eigenvalue weighted by atomic mass is 9.96. The summed E-state index contributed by atoms with van der Waals surface area (Å²) < 4.78 is 10.8. The van der Waals surface area contributed by atoms with Gasteiger partial charge in [0.25, 0.3) is 0 Å². The Hall–Kier alpha value is -3.54. The Labute approximate surface area is 194 Å². The minimum atomic E-state index is -1.90. The fourth-order valence-corrected chi connectivity index (χ4v) is 3.48. The summed E-state index contributed by atoms with van der Waals surface area (Å²) in [6.45, 7) is 6.96. The van der Waals surface area contributed by atoms with E-state index in [9.17, 15) is 40.2 Å². The van der Waals surface area contributed by atoms with E-state index in [0.29, 0.717) is 5.56 Å². The molecule has 1 aliphatic rings. The van der Waals surface area contributed by atoms with E-state index in [2.05, 4.69) is 13.2 Å². The number of ketones is 1. The molecule has 0 saturated carbocycles. The summed E-state index contributed by atoms with van der Waals surface area (Å²) in [7, 11) is 0. The number of carbonyl (C=O) groups is 2. The predicted octanol–water partition coefficient (Wildman–Crippen LogP) is 0.918. The Morgan fingerprint density at radius 2 is 1.71 bits per heavy atom. The zero-order valence-corrected chi connectivity index (χ0v) is 17.8. The van der Waals surface area contributed by atoms with Gasteiger partial charge in [-0.3, -0.25) is 4.79 Å². The zero-order valence-electron chi connectivity index (χ0n) is 17.8. The highest BCUT2D eigenvalue weighted by Crippen LogP contribution is 2.39. The van der Waals surface area contributed by atoms with E-state index in [1.807, 2.05) is 0 Å². The molecule has 180 valence electrons. The van der Waals surface area contributed by atoms with Crippen LogP contribution in [0, 0.1) is 0 Å². The van der Waals surface area contributed by atoms with Crippen LogP contribution in [-0.4, -0.2) is 73.1 Å². The normalized spacial score (nSPS) is 25.2. The largest absolute Gasteiger partial charge is 0.507 e. The van der Waals surface area contributed by atoms with Gasteiger partial charge in [-0.05, 0) is 42.0 Å². The fourth-order valence-electron chi connectivity index (χ4n) is 3.48. The monoisotopic (exact) mass is 472 g/mol. The van der Waals surface area contributed by atoms with E-state index in [1.54, 1.807) is 0 Å². The lowest BCUT2D eigenvalue weighted by Crippen LogP contribution is -2.61.